The lowest BCUT2D eigenvalue weighted by molar-refractivity contribution is -0.121. The van der Waals surface area contributed by atoms with Gasteiger partial charge in [0.1, 0.15) is 0 Å². The van der Waals surface area contributed by atoms with Crippen LogP contribution in [0, 0.1) is 4.77 Å². The molecule has 0 aliphatic rings. The maximum absolute atomic E-state index is 11.3. The molecule has 0 aliphatic heterocycles. The summed E-state index contributed by atoms with van der Waals surface area (Å²) in [7, 11) is 0. The van der Waals surface area contributed by atoms with Crippen LogP contribution in [0.25, 0.3) is 0 Å². The SMILES string of the molecule is CCCNC(=O)CCn1c(N)n[nH]c1=S. The highest BCUT2D eigenvalue weighted by atomic mass is 32.1. The van der Waals surface area contributed by atoms with Gasteiger partial charge in [0.25, 0.3) is 0 Å². The summed E-state index contributed by atoms with van der Waals surface area (Å²) in [5, 5.41) is 9.09. The van der Waals surface area contributed by atoms with Gasteiger partial charge in [-0.25, -0.2) is 5.10 Å². The fourth-order valence-corrected chi connectivity index (χ4v) is 1.34. The number of nitrogen functional groups attached to an aromatic ring is 1. The Kier molecular flexibility index (Phi) is 4.29. The number of nitrogens with zero attached hydrogens (tertiary/aromatic N) is 2. The van der Waals surface area contributed by atoms with Gasteiger partial charge in [-0.3, -0.25) is 9.36 Å². The van der Waals surface area contributed by atoms with E-state index in [0.29, 0.717) is 30.2 Å². The second kappa shape index (κ2) is 5.50. The highest BCUT2D eigenvalue weighted by Gasteiger charge is 2.04. The van der Waals surface area contributed by atoms with E-state index in [-0.39, 0.29) is 5.91 Å². The number of hydrogen-bond acceptors (Lipinski definition) is 4. The highest BCUT2D eigenvalue weighted by molar-refractivity contribution is 7.71. The van der Waals surface area contributed by atoms with Crippen LogP contribution in [0.5, 0.6) is 0 Å². The molecule has 0 aromatic carbocycles. The van der Waals surface area contributed by atoms with Gasteiger partial charge in [-0.2, -0.15) is 0 Å². The number of H-pyrrole nitrogens is 1. The van der Waals surface area contributed by atoms with Gasteiger partial charge in [-0.15, -0.1) is 5.10 Å². The number of nitrogens with two attached hydrogens (primary N) is 1. The molecule has 4 N–H and O–H groups in total. The molecule has 0 unspecified atom stereocenters. The van der Waals surface area contributed by atoms with Crippen molar-refractivity contribution in [1.82, 2.24) is 20.1 Å². The number of rotatable bonds is 5. The van der Waals surface area contributed by atoms with Crippen LogP contribution in [0.1, 0.15) is 19.8 Å². The topological polar surface area (TPSA) is 88.7 Å². The summed E-state index contributed by atoms with van der Waals surface area (Å²) in [5.41, 5.74) is 5.55. The third-order valence-corrected chi connectivity index (χ3v) is 2.23. The molecule has 1 heterocycles. The smallest absolute Gasteiger partial charge is 0.221 e. The quantitative estimate of drug-likeness (QED) is 0.639. The van der Waals surface area contributed by atoms with Crippen LogP contribution < -0.4 is 11.1 Å². The molecule has 0 spiro atoms. The molecule has 84 valence electrons. The largest absolute Gasteiger partial charge is 0.368 e. The zero-order valence-electron chi connectivity index (χ0n) is 8.62. The second-order valence-electron chi connectivity index (χ2n) is 3.14. The van der Waals surface area contributed by atoms with Crippen molar-refractivity contribution in [2.45, 2.75) is 26.3 Å². The summed E-state index contributed by atoms with van der Waals surface area (Å²) in [6, 6.07) is 0. The van der Waals surface area contributed by atoms with Crippen molar-refractivity contribution in [3.63, 3.8) is 0 Å². The molecule has 0 atom stereocenters. The van der Waals surface area contributed by atoms with E-state index in [1.807, 2.05) is 6.92 Å². The van der Waals surface area contributed by atoms with E-state index in [4.69, 9.17) is 18.0 Å². The number of aromatic nitrogens is 3. The lowest BCUT2D eigenvalue weighted by Crippen LogP contribution is -2.25. The number of carbonyl (C=O) groups is 1. The number of carbonyl (C=O) groups excluding carboxylic acids is 1. The third-order valence-electron chi connectivity index (χ3n) is 1.92. The van der Waals surface area contributed by atoms with Crippen LogP contribution in [0.15, 0.2) is 0 Å². The van der Waals surface area contributed by atoms with Crippen molar-refractivity contribution in [1.29, 1.82) is 0 Å². The van der Waals surface area contributed by atoms with Crippen molar-refractivity contribution in [2.24, 2.45) is 0 Å². The Balaban J connectivity index is 2.44. The molecule has 0 fully saturated rings. The van der Waals surface area contributed by atoms with E-state index >= 15 is 0 Å². The van der Waals surface area contributed by atoms with Gasteiger partial charge in [-0.05, 0) is 18.6 Å². The first-order chi connectivity index (χ1) is 7.15. The second-order valence-corrected chi connectivity index (χ2v) is 3.53. The van der Waals surface area contributed by atoms with Gasteiger partial charge < -0.3 is 11.1 Å². The molecule has 15 heavy (non-hydrogen) atoms. The maximum Gasteiger partial charge on any atom is 0.221 e. The van der Waals surface area contributed by atoms with Crippen LogP contribution >= 0.6 is 12.2 Å². The normalized spacial score (nSPS) is 10.2. The predicted octanol–water partition coefficient (Wildman–Crippen LogP) is 0.439. The van der Waals surface area contributed by atoms with Gasteiger partial charge >= 0.3 is 0 Å². The number of amides is 1. The van der Waals surface area contributed by atoms with E-state index in [1.165, 1.54) is 0 Å². The van der Waals surface area contributed by atoms with E-state index in [1.54, 1.807) is 4.57 Å². The van der Waals surface area contributed by atoms with Gasteiger partial charge in [0.2, 0.25) is 11.9 Å². The number of nitrogens with one attached hydrogen (secondary N) is 2. The molecule has 0 radical (unpaired) electrons. The van der Waals surface area contributed by atoms with Crippen LogP contribution in [-0.4, -0.2) is 27.2 Å². The Morgan fingerprint density at radius 2 is 2.47 bits per heavy atom. The van der Waals surface area contributed by atoms with E-state index in [0.717, 1.165) is 6.42 Å². The lowest BCUT2D eigenvalue weighted by atomic mass is 10.4. The van der Waals surface area contributed by atoms with Crippen molar-refractivity contribution in [3.8, 4) is 0 Å². The zero-order chi connectivity index (χ0) is 11.3. The first kappa shape index (κ1) is 11.7. The summed E-state index contributed by atoms with van der Waals surface area (Å²) in [6.07, 6.45) is 1.29. The summed E-state index contributed by atoms with van der Waals surface area (Å²) in [4.78, 5) is 11.3. The number of hydrogen-bond donors (Lipinski definition) is 3. The Morgan fingerprint density at radius 1 is 1.73 bits per heavy atom. The standard InChI is InChI=1S/C8H15N5OS/c1-2-4-10-6(14)3-5-13-7(9)11-12-8(13)15/h2-5H2,1H3,(H2,9,11)(H,10,14)(H,12,15). The van der Waals surface area contributed by atoms with E-state index in [2.05, 4.69) is 15.5 Å². The summed E-state index contributed by atoms with van der Waals surface area (Å²) < 4.78 is 2.04. The Bertz CT molecular complexity index is 383. The minimum Gasteiger partial charge on any atom is -0.368 e. The van der Waals surface area contributed by atoms with Crippen molar-refractivity contribution in [2.75, 3.05) is 12.3 Å². The molecule has 6 nitrogen and oxygen atoms in total. The van der Waals surface area contributed by atoms with Crippen molar-refractivity contribution >= 4 is 24.1 Å². The van der Waals surface area contributed by atoms with Crippen molar-refractivity contribution in [3.05, 3.63) is 4.77 Å². The first-order valence-electron chi connectivity index (χ1n) is 4.82. The van der Waals surface area contributed by atoms with Gasteiger partial charge in [0.05, 0.1) is 0 Å². The molecule has 1 rings (SSSR count). The minimum absolute atomic E-state index is 0.000602. The van der Waals surface area contributed by atoms with Gasteiger partial charge in [0.15, 0.2) is 4.77 Å². The molecule has 7 heteroatoms. The van der Waals surface area contributed by atoms with Gasteiger partial charge in [0, 0.05) is 19.5 Å². The van der Waals surface area contributed by atoms with E-state index < -0.39 is 0 Å². The summed E-state index contributed by atoms with van der Waals surface area (Å²) >= 11 is 4.95. The molecule has 0 saturated heterocycles. The fraction of sp³-hybridized carbons (Fsp3) is 0.625. The zero-order valence-corrected chi connectivity index (χ0v) is 9.43. The van der Waals surface area contributed by atoms with Crippen LogP contribution in [0.3, 0.4) is 0 Å². The van der Waals surface area contributed by atoms with Gasteiger partial charge in [-0.1, -0.05) is 6.92 Å². The Labute approximate surface area is 92.9 Å². The molecule has 0 bridgehead atoms. The fourth-order valence-electron chi connectivity index (χ4n) is 1.11. The van der Waals surface area contributed by atoms with Crippen LogP contribution in [0.2, 0.25) is 0 Å². The Hall–Kier alpha value is -1.37. The van der Waals surface area contributed by atoms with Crippen LogP contribution in [-0.2, 0) is 11.3 Å². The maximum atomic E-state index is 11.3. The van der Waals surface area contributed by atoms with Crippen LogP contribution in [0.4, 0.5) is 5.95 Å². The molecule has 1 amide bonds. The highest BCUT2D eigenvalue weighted by Crippen LogP contribution is 2.00. The minimum atomic E-state index is -0.000602. The predicted molar refractivity (Wildman–Crippen MR) is 59.7 cm³/mol. The monoisotopic (exact) mass is 229 g/mol. The third kappa shape index (κ3) is 3.35. The van der Waals surface area contributed by atoms with Crippen molar-refractivity contribution < 1.29 is 4.79 Å². The lowest BCUT2D eigenvalue weighted by Gasteiger charge is -2.04. The molecule has 0 saturated carbocycles. The summed E-state index contributed by atoms with van der Waals surface area (Å²) in [6.45, 7) is 3.16. The molecular weight excluding hydrogens is 214 g/mol. The molecule has 0 aliphatic carbocycles. The number of anilines is 1. The first-order valence-corrected chi connectivity index (χ1v) is 5.23. The molecular formula is C8H15N5OS. The van der Waals surface area contributed by atoms with E-state index in [9.17, 15) is 4.79 Å². The molecule has 1 aromatic rings. The Morgan fingerprint density at radius 3 is 3.00 bits per heavy atom. The average Bonchev–Trinajstić information content (AvgIpc) is 2.53. The summed E-state index contributed by atoms with van der Waals surface area (Å²) in [5.74, 6) is 0.308. The molecule has 1 aromatic heterocycles. The average molecular weight is 229 g/mol. The number of aromatic amines is 1.